The number of halogens is 3. The van der Waals surface area contributed by atoms with Crippen LogP contribution in [0.5, 0.6) is 0 Å². The molecule has 1 fully saturated rings. The lowest BCUT2D eigenvalue weighted by Gasteiger charge is -2.27. The minimum absolute atomic E-state index is 0.195. The van der Waals surface area contributed by atoms with Gasteiger partial charge in [-0.2, -0.15) is 13.2 Å². The molecule has 0 unspecified atom stereocenters. The smallest absolute Gasteiger partial charge is 0.345 e. The molecule has 0 saturated heterocycles. The third kappa shape index (κ3) is 5.71. The van der Waals surface area contributed by atoms with Gasteiger partial charge in [-0.05, 0) is 31.6 Å². The van der Waals surface area contributed by atoms with Crippen LogP contribution in [0.15, 0.2) is 0 Å². The van der Waals surface area contributed by atoms with Crippen molar-refractivity contribution in [2.75, 3.05) is 13.6 Å². The average Bonchev–Trinajstić information content (AvgIpc) is 2.28. The van der Waals surface area contributed by atoms with Crippen LogP contribution in [0, 0.1) is 5.92 Å². The summed E-state index contributed by atoms with van der Waals surface area (Å²) in [4.78, 5) is 12.9. The number of carbonyl (C=O) groups excluding carboxylic acids is 1. The van der Waals surface area contributed by atoms with Crippen LogP contribution in [0.4, 0.5) is 13.2 Å². The van der Waals surface area contributed by atoms with E-state index in [0.717, 1.165) is 25.7 Å². The van der Waals surface area contributed by atoms with Crippen molar-refractivity contribution in [2.24, 2.45) is 11.7 Å². The molecule has 1 amide bonds. The molecule has 0 aromatic rings. The standard InChI is InChI=1S/C12H21F3N2O/c1-17(7-6-12(13,14)15)11(18)8-9-2-4-10(16)5-3-9/h9-10H,2-8,16H2,1H3. The summed E-state index contributed by atoms with van der Waals surface area (Å²) in [5.41, 5.74) is 5.76. The second-order valence-electron chi connectivity index (χ2n) is 5.17. The lowest BCUT2D eigenvalue weighted by atomic mass is 9.84. The number of hydrogen-bond donors (Lipinski definition) is 1. The van der Waals surface area contributed by atoms with Gasteiger partial charge in [-0.1, -0.05) is 0 Å². The van der Waals surface area contributed by atoms with Crippen LogP contribution in [0.2, 0.25) is 0 Å². The summed E-state index contributed by atoms with van der Waals surface area (Å²) < 4.78 is 36.1. The highest BCUT2D eigenvalue weighted by Crippen LogP contribution is 2.26. The summed E-state index contributed by atoms with van der Waals surface area (Å²) in [6.45, 7) is -0.255. The van der Waals surface area contributed by atoms with E-state index in [0.29, 0.717) is 6.42 Å². The first-order valence-corrected chi connectivity index (χ1v) is 6.34. The minimum Gasteiger partial charge on any atom is -0.345 e. The Kier molecular flexibility index (Phi) is 5.44. The molecule has 106 valence electrons. The van der Waals surface area contributed by atoms with E-state index < -0.39 is 12.6 Å². The number of nitrogens with zero attached hydrogens (tertiary/aromatic N) is 1. The number of carbonyl (C=O) groups is 1. The predicted molar refractivity (Wildman–Crippen MR) is 62.9 cm³/mol. The van der Waals surface area contributed by atoms with Crippen LogP contribution in [-0.4, -0.2) is 36.6 Å². The van der Waals surface area contributed by atoms with E-state index in [1.807, 2.05) is 0 Å². The molecular weight excluding hydrogens is 245 g/mol. The summed E-state index contributed by atoms with van der Waals surface area (Å²) >= 11 is 0. The van der Waals surface area contributed by atoms with Gasteiger partial charge >= 0.3 is 6.18 Å². The van der Waals surface area contributed by atoms with E-state index in [4.69, 9.17) is 5.73 Å². The molecule has 0 atom stereocenters. The zero-order valence-corrected chi connectivity index (χ0v) is 10.7. The van der Waals surface area contributed by atoms with Gasteiger partial charge in [-0.3, -0.25) is 4.79 Å². The number of rotatable bonds is 4. The molecule has 2 N–H and O–H groups in total. The van der Waals surface area contributed by atoms with E-state index in [-0.39, 0.29) is 24.4 Å². The second-order valence-corrected chi connectivity index (χ2v) is 5.17. The third-order valence-corrected chi connectivity index (χ3v) is 3.51. The van der Waals surface area contributed by atoms with Gasteiger partial charge in [0.05, 0.1) is 6.42 Å². The molecule has 0 radical (unpaired) electrons. The largest absolute Gasteiger partial charge is 0.390 e. The Balaban J connectivity index is 2.27. The molecule has 0 heterocycles. The Morgan fingerprint density at radius 3 is 2.33 bits per heavy atom. The Labute approximate surface area is 106 Å². The van der Waals surface area contributed by atoms with Gasteiger partial charge in [0.2, 0.25) is 5.91 Å². The first-order chi connectivity index (χ1) is 8.28. The Bertz CT molecular complexity index is 273. The quantitative estimate of drug-likeness (QED) is 0.848. The van der Waals surface area contributed by atoms with E-state index in [9.17, 15) is 18.0 Å². The summed E-state index contributed by atoms with van der Waals surface area (Å²) in [7, 11) is 1.43. The van der Waals surface area contributed by atoms with Crippen molar-refractivity contribution in [3.63, 3.8) is 0 Å². The van der Waals surface area contributed by atoms with Crippen molar-refractivity contribution in [1.82, 2.24) is 4.90 Å². The number of amides is 1. The van der Waals surface area contributed by atoms with Crippen molar-refractivity contribution in [2.45, 2.75) is 50.7 Å². The first-order valence-electron chi connectivity index (χ1n) is 6.34. The van der Waals surface area contributed by atoms with Crippen molar-refractivity contribution in [1.29, 1.82) is 0 Å². The molecule has 18 heavy (non-hydrogen) atoms. The lowest BCUT2D eigenvalue weighted by molar-refractivity contribution is -0.144. The van der Waals surface area contributed by atoms with Gasteiger partial charge in [0.1, 0.15) is 0 Å². The maximum absolute atomic E-state index is 12.0. The molecule has 0 aromatic carbocycles. The van der Waals surface area contributed by atoms with Crippen molar-refractivity contribution in [3.05, 3.63) is 0 Å². The Morgan fingerprint density at radius 2 is 1.83 bits per heavy atom. The average molecular weight is 266 g/mol. The van der Waals surface area contributed by atoms with Crippen molar-refractivity contribution >= 4 is 5.91 Å². The van der Waals surface area contributed by atoms with Gasteiger partial charge in [-0.15, -0.1) is 0 Å². The fourth-order valence-electron chi connectivity index (χ4n) is 2.21. The normalized spacial score (nSPS) is 24.9. The highest BCUT2D eigenvalue weighted by molar-refractivity contribution is 5.76. The molecule has 1 aliphatic rings. The zero-order chi connectivity index (χ0) is 13.8. The van der Waals surface area contributed by atoms with Crippen LogP contribution in [0.1, 0.15) is 38.5 Å². The predicted octanol–water partition coefficient (Wildman–Crippen LogP) is 2.30. The van der Waals surface area contributed by atoms with Gasteiger partial charge in [0, 0.05) is 26.1 Å². The number of alkyl halides is 3. The van der Waals surface area contributed by atoms with Gasteiger partial charge < -0.3 is 10.6 Å². The van der Waals surface area contributed by atoms with Crippen LogP contribution in [0.25, 0.3) is 0 Å². The molecule has 1 saturated carbocycles. The Hall–Kier alpha value is -0.780. The topological polar surface area (TPSA) is 46.3 Å². The van der Waals surface area contributed by atoms with E-state index in [1.54, 1.807) is 0 Å². The molecule has 1 aliphatic carbocycles. The number of hydrogen-bond acceptors (Lipinski definition) is 2. The van der Waals surface area contributed by atoms with E-state index in [1.165, 1.54) is 11.9 Å². The SMILES string of the molecule is CN(CCC(F)(F)F)C(=O)CC1CCC(N)CC1. The van der Waals surface area contributed by atoms with Crippen LogP contribution in [-0.2, 0) is 4.79 Å². The summed E-state index contributed by atoms with van der Waals surface area (Å²) in [6.07, 6.45) is -1.17. The number of nitrogens with two attached hydrogens (primary N) is 1. The van der Waals surface area contributed by atoms with Gasteiger partial charge in [0.25, 0.3) is 0 Å². The first kappa shape index (κ1) is 15.3. The lowest BCUT2D eigenvalue weighted by Crippen LogP contribution is -2.33. The Morgan fingerprint density at radius 1 is 1.28 bits per heavy atom. The summed E-state index contributed by atoms with van der Waals surface area (Å²) in [6, 6.07) is 0.222. The van der Waals surface area contributed by atoms with Crippen LogP contribution >= 0.6 is 0 Å². The molecule has 3 nitrogen and oxygen atoms in total. The van der Waals surface area contributed by atoms with Crippen LogP contribution < -0.4 is 5.73 Å². The van der Waals surface area contributed by atoms with Gasteiger partial charge in [-0.25, -0.2) is 0 Å². The molecule has 0 aromatic heterocycles. The maximum Gasteiger partial charge on any atom is 0.390 e. The van der Waals surface area contributed by atoms with Crippen LogP contribution in [0.3, 0.4) is 0 Å². The highest BCUT2D eigenvalue weighted by atomic mass is 19.4. The summed E-state index contributed by atoms with van der Waals surface area (Å²) in [5, 5.41) is 0. The molecule has 0 bridgehead atoms. The van der Waals surface area contributed by atoms with Crippen molar-refractivity contribution < 1.29 is 18.0 Å². The van der Waals surface area contributed by atoms with Gasteiger partial charge in [0.15, 0.2) is 0 Å². The highest BCUT2D eigenvalue weighted by Gasteiger charge is 2.29. The maximum atomic E-state index is 12.0. The van der Waals surface area contributed by atoms with E-state index >= 15 is 0 Å². The zero-order valence-electron chi connectivity index (χ0n) is 10.7. The van der Waals surface area contributed by atoms with Crippen molar-refractivity contribution in [3.8, 4) is 0 Å². The monoisotopic (exact) mass is 266 g/mol. The molecule has 0 aliphatic heterocycles. The fourth-order valence-corrected chi connectivity index (χ4v) is 2.21. The summed E-state index contributed by atoms with van der Waals surface area (Å²) in [5.74, 6) is 0.0883. The molecule has 6 heteroatoms. The second kappa shape index (κ2) is 6.41. The molecule has 0 spiro atoms. The third-order valence-electron chi connectivity index (χ3n) is 3.51. The molecule has 1 rings (SSSR count). The minimum atomic E-state index is -4.20. The van der Waals surface area contributed by atoms with E-state index in [2.05, 4.69) is 0 Å². The fraction of sp³-hybridized carbons (Fsp3) is 0.917. The molecular formula is C12H21F3N2O.